The first-order valence-electron chi connectivity index (χ1n) is 7.53. The van der Waals surface area contributed by atoms with Gasteiger partial charge in [0.05, 0.1) is 0 Å². The lowest BCUT2D eigenvalue weighted by atomic mass is 9.64. The summed E-state index contributed by atoms with van der Waals surface area (Å²) in [6.45, 7) is 9.52. The van der Waals surface area contributed by atoms with Crippen LogP contribution in [-0.4, -0.2) is 0 Å². The Kier molecular flexibility index (Phi) is 4.33. The zero-order valence-electron chi connectivity index (χ0n) is 11.3. The summed E-state index contributed by atoms with van der Waals surface area (Å²) in [7, 11) is 0. The van der Waals surface area contributed by atoms with Gasteiger partial charge in [0.2, 0.25) is 0 Å². The van der Waals surface area contributed by atoms with Crippen LogP contribution in [0.1, 0.15) is 65.2 Å². The summed E-state index contributed by atoms with van der Waals surface area (Å²) in [6.07, 6.45) is 11.7. The molecule has 2 fully saturated rings. The lowest BCUT2D eigenvalue weighted by molar-refractivity contribution is 0.101. The minimum absolute atomic E-state index is 0.741. The van der Waals surface area contributed by atoms with Crippen LogP contribution in [0, 0.1) is 36.5 Å². The first-order valence-corrected chi connectivity index (χ1v) is 7.53. The van der Waals surface area contributed by atoms with E-state index in [2.05, 4.69) is 20.8 Å². The maximum absolute atomic E-state index is 4.59. The summed E-state index contributed by atoms with van der Waals surface area (Å²) in [4.78, 5) is 0. The molecule has 4 unspecified atom stereocenters. The van der Waals surface area contributed by atoms with Crippen molar-refractivity contribution in [3.8, 4) is 0 Å². The van der Waals surface area contributed by atoms with Gasteiger partial charge in [-0.15, -0.1) is 0 Å². The van der Waals surface area contributed by atoms with Crippen LogP contribution in [0.15, 0.2) is 0 Å². The molecule has 0 bridgehead atoms. The molecule has 0 aromatic rings. The Bertz CT molecular complexity index is 186. The molecule has 0 N–H and O–H groups in total. The third-order valence-electron chi connectivity index (χ3n) is 5.46. The maximum atomic E-state index is 4.59. The molecule has 2 saturated carbocycles. The zero-order valence-corrected chi connectivity index (χ0v) is 11.3. The van der Waals surface area contributed by atoms with E-state index in [4.69, 9.17) is 0 Å². The van der Waals surface area contributed by atoms with Gasteiger partial charge in [-0.05, 0) is 49.4 Å². The van der Waals surface area contributed by atoms with E-state index in [1.807, 2.05) is 0 Å². The normalized spacial score (nSPS) is 42.9. The largest absolute Gasteiger partial charge is 0.0622 e. The Balaban J connectivity index is 1.96. The lowest BCUT2D eigenvalue weighted by Gasteiger charge is -2.41. The van der Waals surface area contributed by atoms with Gasteiger partial charge in [0.1, 0.15) is 0 Å². The molecule has 2 aliphatic rings. The van der Waals surface area contributed by atoms with Gasteiger partial charge in [-0.2, -0.15) is 0 Å². The van der Waals surface area contributed by atoms with E-state index < -0.39 is 0 Å². The van der Waals surface area contributed by atoms with Crippen LogP contribution in [-0.2, 0) is 0 Å². The fourth-order valence-electron chi connectivity index (χ4n) is 4.28. The highest BCUT2D eigenvalue weighted by Gasteiger charge is 2.34. The maximum Gasteiger partial charge on any atom is -0.0352 e. The fourth-order valence-corrected chi connectivity index (χ4v) is 4.28. The molecule has 0 saturated heterocycles. The highest BCUT2D eigenvalue weighted by atomic mass is 14.4. The summed E-state index contributed by atoms with van der Waals surface area (Å²) in [5, 5.41) is 0. The van der Waals surface area contributed by atoms with Crippen molar-refractivity contribution in [1.29, 1.82) is 0 Å². The van der Waals surface area contributed by atoms with Gasteiger partial charge in [0.25, 0.3) is 0 Å². The Morgan fingerprint density at radius 1 is 0.750 bits per heavy atom. The molecule has 0 spiro atoms. The second kappa shape index (κ2) is 5.56. The molecule has 0 aromatic carbocycles. The molecule has 2 rings (SSSR count). The monoisotopic (exact) mass is 221 g/mol. The van der Waals surface area contributed by atoms with E-state index in [0.29, 0.717) is 0 Å². The fraction of sp³-hybridized carbons (Fsp3) is 0.938. The number of rotatable bonds is 2. The van der Waals surface area contributed by atoms with Gasteiger partial charge in [0, 0.05) is 0 Å². The molecule has 16 heavy (non-hydrogen) atoms. The van der Waals surface area contributed by atoms with E-state index in [0.717, 1.165) is 29.6 Å². The molecule has 0 aromatic heterocycles. The van der Waals surface area contributed by atoms with Crippen molar-refractivity contribution < 1.29 is 0 Å². The van der Waals surface area contributed by atoms with Gasteiger partial charge in [-0.25, -0.2) is 0 Å². The minimum atomic E-state index is 0.741. The third-order valence-corrected chi connectivity index (χ3v) is 5.46. The van der Waals surface area contributed by atoms with Gasteiger partial charge in [0.15, 0.2) is 0 Å². The SMILES string of the molecule is [CH2]C(C1CCCCC1C)C1CCCCC1C. The van der Waals surface area contributed by atoms with E-state index in [-0.39, 0.29) is 0 Å². The Labute approximate surface area is 102 Å². The van der Waals surface area contributed by atoms with Crippen molar-refractivity contribution in [3.05, 3.63) is 6.92 Å². The first-order chi connectivity index (χ1) is 7.70. The van der Waals surface area contributed by atoms with Crippen LogP contribution < -0.4 is 0 Å². The second-order valence-corrected chi connectivity index (χ2v) is 6.52. The van der Waals surface area contributed by atoms with E-state index in [1.54, 1.807) is 0 Å². The van der Waals surface area contributed by atoms with Crippen molar-refractivity contribution in [2.24, 2.45) is 29.6 Å². The highest BCUT2D eigenvalue weighted by molar-refractivity contribution is 4.87. The molecule has 4 atom stereocenters. The molecular weight excluding hydrogens is 192 g/mol. The summed E-state index contributed by atoms with van der Waals surface area (Å²) < 4.78 is 0. The van der Waals surface area contributed by atoms with Gasteiger partial charge >= 0.3 is 0 Å². The number of hydrogen-bond acceptors (Lipinski definition) is 0. The topological polar surface area (TPSA) is 0 Å². The van der Waals surface area contributed by atoms with Gasteiger partial charge < -0.3 is 0 Å². The van der Waals surface area contributed by atoms with Crippen molar-refractivity contribution in [1.82, 2.24) is 0 Å². The third kappa shape index (κ3) is 2.63. The smallest absolute Gasteiger partial charge is 0.0352 e. The predicted molar refractivity (Wildman–Crippen MR) is 71.1 cm³/mol. The van der Waals surface area contributed by atoms with Crippen molar-refractivity contribution in [3.63, 3.8) is 0 Å². The van der Waals surface area contributed by atoms with E-state index in [1.165, 1.54) is 51.4 Å². The quantitative estimate of drug-likeness (QED) is 0.609. The predicted octanol–water partition coefficient (Wildman–Crippen LogP) is 5.09. The van der Waals surface area contributed by atoms with Gasteiger partial charge in [-0.1, -0.05) is 52.4 Å². The van der Waals surface area contributed by atoms with Crippen LogP contribution in [0.3, 0.4) is 0 Å². The van der Waals surface area contributed by atoms with Crippen molar-refractivity contribution in [2.45, 2.75) is 65.2 Å². The number of hydrogen-bond donors (Lipinski definition) is 0. The Hall–Kier alpha value is 0. The van der Waals surface area contributed by atoms with Crippen molar-refractivity contribution >= 4 is 0 Å². The van der Waals surface area contributed by atoms with Crippen LogP contribution in [0.4, 0.5) is 0 Å². The second-order valence-electron chi connectivity index (χ2n) is 6.52. The standard InChI is InChI=1S/C16H29/c1-12-8-4-6-10-15(12)14(3)16-11-7-5-9-13(16)2/h12-16H,3-11H2,1-2H3. The summed E-state index contributed by atoms with van der Waals surface area (Å²) in [5.41, 5.74) is 0. The lowest BCUT2D eigenvalue weighted by Crippen LogP contribution is -2.33. The zero-order chi connectivity index (χ0) is 11.5. The average Bonchev–Trinajstić information content (AvgIpc) is 2.29. The van der Waals surface area contributed by atoms with Crippen LogP contribution >= 0.6 is 0 Å². The summed E-state index contributed by atoms with van der Waals surface area (Å²) in [5.74, 6) is 4.47. The van der Waals surface area contributed by atoms with Crippen LogP contribution in [0.25, 0.3) is 0 Å². The highest BCUT2D eigenvalue weighted by Crippen LogP contribution is 2.43. The molecule has 93 valence electrons. The summed E-state index contributed by atoms with van der Waals surface area (Å²) in [6, 6.07) is 0. The molecule has 0 aliphatic heterocycles. The molecular formula is C16H29. The minimum Gasteiger partial charge on any atom is -0.0622 e. The molecule has 0 nitrogen and oxygen atoms in total. The van der Waals surface area contributed by atoms with E-state index >= 15 is 0 Å². The Morgan fingerprint density at radius 3 is 1.50 bits per heavy atom. The molecule has 0 heterocycles. The first kappa shape index (κ1) is 12.5. The van der Waals surface area contributed by atoms with Crippen LogP contribution in [0.5, 0.6) is 0 Å². The summed E-state index contributed by atoms with van der Waals surface area (Å²) >= 11 is 0. The van der Waals surface area contributed by atoms with Gasteiger partial charge in [-0.3, -0.25) is 0 Å². The molecule has 0 amide bonds. The Morgan fingerprint density at radius 2 is 1.12 bits per heavy atom. The molecule has 1 radical (unpaired) electrons. The van der Waals surface area contributed by atoms with Crippen molar-refractivity contribution in [2.75, 3.05) is 0 Å². The average molecular weight is 221 g/mol. The molecule has 2 aliphatic carbocycles. The molecule has 0 heteroatoms. The van der Waals surface area contributed by atoms with E-state index in [9.17, 15) is 0 Å². The van der Waals surface area contributed by atoms with Crippen LogP contribution in [0.2, 0.25) is 0 Å².